The molecule has 17 heavy (non-hydrogen) atoms. The van der Waals surface area contributed by atoms with E-state index in [-0.39, 0.29) is 0 Å². The number of likely N-dealkylation sites (tertiary alicyclic amines) is 1. The number of hydrogen-bond acceptors (Lipinski definition) is 3. The number of hydrogen-bond donors (Lipinski definition) is 1. The standard InChI is InChI=1S/C14H28N2O/c1-17-11-12-7-8-16(9-12)10-13-5-3-2-4-6-14(13)15/h12-14H,2-11,15H2,1H3. The molecule has 1 saturated carbocycles. The zero-order chi connectivity index (χ0) is 12.1. The summed E-state index contributed by atoms with van der Waals surface area (Å²) in [4.78, 5) is 2.61. The predicted octanol–water partition coefficient (Wildman–Crippen LogP) is 1.86. The smallest absolute Gasteiger partial charge is 0.0503 e. The Bertz CT molecular complexity index is 222. The molecule has 3 atom stereocenters. The molecular weight excluding hydrogens is 212 g/mol. The summed E-state index contributed by atoms with van der Waals surface area (Å²) in [5, 5.41) is 0. The summed E-state index contributed by atoms with van der Waals surface area (Å²) in [6.07, 6.45) is 7.98. The number of nitrogens with zero attached hydrogens (tertiary/aromatic N) is 1. The number of nitrogens with two attached hydrogens (primary N) is 1. The number of methoxy groups -OCH3 is 1. The fourth-order valence-electron chi connectivity index (χ4n) is 3.42. The normalized spacial score (nSPS) is 36.0. The Morgan fingerprint density at radius 2 is 2.00 bits per heavy atom. The van der Waals surface area contributed by atoms with Crippen LogP contribution >= 0.6 is 0 Å². The molecule has 100 valence electrons. The Balaban J connectivity index is 1.76. The lowest BCUT2D eigenvalue weighted by molar-refractivity contribution is 0.149. The van der Waals surface area contributed by atoms with E-state index in [2.05, 4.69) is 4.90 Å². The van der Waals surface area contributed by atoms with Gasteiger partial charge in [-0.05, 0) is 37.6 Å². The van der Waals surface area contributed by atoms with Gasteiger partial charge in [-0.2, -0.15) is 0 Å². The van der Waals surface area contributed by atoms with Gasteiger partial charge in [-0.15, -0.1) is 0 Å². The Morgan fingerprint density at radius 3 is 2.82 bits per heavy atom. The highest BCUT2D eigenvalue weighted by Gasteiger charge is 2.27. The van der Waals surface area contributed by atoms with Crippen LogP contribution in [0.3, 0.4) is 0 Å². The molecule has 1 aliphatic carbocycles. The minimum Gasteiger partial charge on any atom is -0.384 e. The molecule has 1 saturated heterocycles. The highest BCUT2D eigenvalue weighted by Crippen LogP contribution is 2.25. The van der Waals surface area contributed by atoms with E-state index in [1.807, 2.05) is 7.11 Å². The van der Waals surface area contributed by atoms with Crippen LogP contribution < -0.4 is 5.73 Å². The maximum Gasteiger partial charge on any atom is 0.0503 e. The summed E-state index contributed by atoms with van der Waals surface area (Å²) in [5.41, 5.74) is 6.30. The van der Waals surface area contributed by atoms with Crippen LogP contribution in [0.25, 0.3) is 0 Å². The second kappa shape index (κ2) is 6.72. The van der Waals surface area contributed by atoms with Gasteiger partial charge in [0.15, 0.2) is 0 Å². The van der Waals surface area contributed by atoms with Crippen LogP contribution in [0.4, 0.5) is 0 Å². The Morgan fingerprint density at radius 1 is 1.18 bits per heavy atom. The SMILES string of the molecule is COCC1CCN(CC2CCCCCC2N)C1. The largest absolute Gasteiger partial charge is 0.384 e. The van der Waals surface area contributed by atoms with Crippen LogP contribution in [0.1, 0.15) is 38.5 Å². The highest BCUT2D eigenvalue weighted by molar-refractivity contribution is 4.83. The van der Waals surface area contributed by atoms with Gasteiger partial charge in [-0.25, -0.2) is 0 Å². The number of ether oxygens (including phenoxy) is 1. The maximum absolute atomic E-state index is 6.30. The van der Waals surface area contributed by atoms with Gasteiger partial charge < -0.3 is 15.4 Å². The zero-order valence-electron chi connectivity index (χ0n) is 11.2. The third kappa shape index (κ3) is 3.94. The summed E-state index contributed by atoms with van der Waals surface area (Å²) in [5.74, 6) is 1.49. The molecule has 0 aromatic rings. The van der Waals surface area contributed by atoms with E-state index in [9.17, 15) is 0 Å². The number of rotatable bonds is 4. The molecule has 0 amide bonds. The average Bonchev–Trinajstić information content (AvgIpc) is 2.65. The van der Waals surface area contributed by atoms with Crippen LogP contribution in [-0.4, -0.2) is 44.3 Å². The topological polar surface area (TPSA) is 38.5 Å². The summed E-state index contributed by atoms with van der Waals surface area (Å²) < 4.78 is 5.25. The highest BCUT2D eigenvalue weighted by atomic mass is 16.5. The van der Waals surface area contributed by atoms with E-state index in [0.717, 1.165) is 18.4 Å². The summed E-state index contributed by atoms with van der Waals surface area (Å²) >= 11 is 0. The van der Waals surface area contributed by atoms with Crippen molar-refractivity contribution in [1.82, 2.24) is 4.90 Å². The average molecular weight is 240 g/mol. The molecule has 1 aliphatic heterocycles. The summed E-state index contributed by atoms with van der Waals surface area (Å²) in [6, 6.07) is 0.443. The van der Waals surface area contributed by atoms with Crippen LogP contribution in [0.5, 0.6) is 0 Å². The molecular formula is C14H28N2O. The first-order valence-electron chi connectivity index (χ1n) is 7.26. The Hall–Kier alpha value is -0.120. The molecule has 0 radical (unpaired) electrons. The van der Waals surface area contributed by atoms with E-state index in [4.69, 9.17) is 10.5 Å². The second-order valence-corrected chi connectivity index (χ2v) is 5.93. The van der Waals surface area contributed by atoms with Crippen molar-refractivity contribution in [2.24, 2.45) is 17.6 Å². The lowest BCUT2D eigenvalue weighted by Gasteiger charge is -2.27. The molecule has 2 N–H and O–H groups in total. The predicted molar refractivity (Wildman–Crippen MR) is 71.0 cm³/mol. The molecule has 0 aromatic heterocycles. The van der Waals surface area contributed by atoms with E-state index in [0.29, 0.717) is 6.04 Å². The van der Waals surface area contributed by atoms with Crippen molar-refractivity contribution < 1.29 is 4.74 Å². The van der Waals surface area contributed by atoms with Gasteiger partial charge in [0.25, 0.3) is 0 Å². The molecule has 0 bridgehead atoms. The quantitative estimate of drug-likeness (QED) is 0.762. The van der Waals surface area contributed by atoms with Crippen molar-refractivity contribution in [2.75, 3.05) is 33.4 Å². The van der Waals surface area contributed by atoms with Crippen molar-refractivity contribution in [3.05, 3.63) is 0 Å². The minimum atomic E-state index is 0.443. The van der Waals surface area contributed by atoms with Gasteiger partial charge >= 0.3 is 0 Å². The molecule has 0 aromatic carbocycles. The first-order chi connectivity index (χ1) is 8.29. The van der Waals surface area contributed by atoms with E-state index in [1.54, 1.807) is 0 Å². The second-order valence-electron chi connectivity index (χ2n) is 5.93. The van der Waals surface area contributed by atoms with Gasteiger partial charge in [0.1, 0.15) is 0 Å². The first-order valence-corrected chi connectivity index (χ1v) is 7.26. The van der Waals surface area contributed by atoms with Gasteiger partial charge in [0.05, 0.1) is 6.61 Å². The van der Waals surface area contributed by atoms with E-state index >= 15 is 0 Å². The summed E-state index contributed by atoms with van der Waals surface area (Å²) in [7, 11) is 1.81. The molecule has 2 aliphatic rings. The van der Waals surface area contributed by atoms with Gasteiger partial charge in [0, 0.05) is 26.2 Å². The molecule has 3 heteroatoms. The molecule has 2 fully saturated rings. The molecule has 1 heterocycles. The van der Waals surface area contributed by atoms with E-state index < -0.39 is 0 Å². The van der Waals surface area contributed by atoms with Crippen LogP contribution in [0, 0.1) is 11.8 Å². The lowest BCUT2D eigenvalue weighted by Crippen LogP contribution is -2.38. The maximum atomic E-state index is 6.30. The van der Waals surface area contributed by atoms with Crippen molar-refractivity contribution in [3.8, 4) is 0 Å². The van der Waals surface area contributed by atoms with Crippen LogP contribution in [0.2, 0.25) is 0 Å². The molecule has 0 spiro atoms. The van der Waals surface area contributed by atoms with Gasteiger partial charge in [-0.3, -0.25) is 0 Å². The lowest BCUT2D eigenvalue weighted by atomic mass is 9.95. The fraction of sp³-hybridized carbons (Fsp3) is 1.00. The monoisotopic (exact) mass is 240 g/mol. The van der Waals surface area contributed by atoms with Gasteiger partial charge in [-0.1, -0.05) is 19.3 Å². The van der Waals surface area contributed by atoms with Gasteiger partial charge in [0.2, 0.25) is 0 Å². The third-order valence-corrected chi connectivity index (χ3v) is 4.48. The molecule has 3 nitrogen and oxygen atoms in total. The molecule has 3 unspecified atom stereocenters. The van der Waals surface area contributed by atoms with Crippen LogP contribution in [-0.2, 0) is 4.74 Å². The summed E-state index contributed by atoms with van der Waals surface area (Å²) in [6.45, 7) is 4.61. The zero-order valence-corrected chi connectivity index (χ0v) is 11.2. The first kappa shape index (κ1) is 13.3. The fourth-order valence-corrected chi connectivity index (χ4v) is 3.42. The van der Waals surface area contributed by atoms with Crippen molar-refractivity contribution in [1.29, 1.82) is 0 Å². The van der Waals surface area contributed by atoms with Crippen molar-refractivity contribution in [3.63, 3.8) is 0 Å². The molecule has 2 rings (SSSR count). The van der Waals surface area contributed by atoms with Crippen molar-refractivity contribution >= 4 is 0 Å². The van der Waals surface area contributed by atoms with Crippen LogP contribution in [0.15, 0.2) is 0 Å². The van der Waals surface area contributed by atoms with Crippen molar-refractivity contribution in [2.45, 2.75) is 44.6 Å². The van der Waals surface area contributed by atoms with E-state index in [1.165, 1.54) is 58.2 Å². The Kier molecular flexibility index (Phi) is 5.26. The third-order valence-electron chi connectivity index (χ3n) is 4.48. The Labute approximate surface area is 106 Å². The minimum absolute atomic E-state index is 0.443.